The van der Waals surface area contributed by atoms with E-state index in [2.05, 4.69) is 27.6 Å². The molecule has 22 heavy (non-hydrogen) atoms. The Kier molecular flexibility index (Phi) is 5.54. The van der Waals surface area contributed by atoms with Crippen molar-refractivity contribution in [2.45, 2.75) is 53.2 Å². The maximum Gasteiger partial charge on any atom is 0.315 e. The van der Waals surface area contributed by atoms with E-state index in [1.54, 1.807) is 17.5 Å². The number of rotatable bonds is 6. The highest BCUT2D eigenvalue weighted by Crippen LogP contribution is 2.18. The molecule has 0 aliphatic heterocycles. The number of thiazole rings is 1. The van der Waals surface area contributed by atoms with Crippen LogP contribution in [0.1, 0.15) is 48.3 Å². The lowest BCUT2D eigenvalue weighted by Gasteiger charge is -2.15. The van der Waals surface area contributed by atoms with E-state index in [1.807, 2.05) is 30.8 Å². The highest BCUT2D eigenvalue weighted by atomic mass is 32.1. The molecule has 0 bridgehead atoms. The Morgan fingerprint density at radius 1 is 1.41 bits per heavy atom. The molecule has 1 unspecified atom stereocenters. The zero-order valence-corrected chi connectivity index (χ0v) is 14.3. The summed E-state index contributed by atoms with van der Waals surface area (Å²) >= 11 is 1.56. The van der Waals surface area contributed by atoms with Gasteiger partial charge in [-0.05, 0) is 27.2 Å². The maximum atomic E-state index is 12.1. The van der Waals surface area contributed by atoms with Gasteiger partial charge in [-0.2, -0.15) is 5.10 Å². The fraction of sp³-hybridized carbons (Fsp3) is 0.533. The summed E-state index contributed by atoms with van der Waals surface area (Å²) in [7, 11) is 0. The Labute approximate surface area is 135 Å². The average molecular weight is 321 g/mol. The minimum absolute atomic E-state index is 0.0411. The van der Waals surface area contributed by atoms with Crippen LogP contribution in [0.2, 0.25) is 0 Å². The van der Waals surface area contributed by atoms with Crippen LogP contribution in [0.5, 0.6) is 0 Å². The fourth-order valence-electron chi connectivity index (χ4n) is 2.42. The van der Waals surface area contributed by atoms with E-state index < -0.39 is 0 Å². The van der Waals surface area contributed by atoms with Crippen LogP contribution in [0.15, 0.2) is 11.6 Å². The molecule has 7 heteroatoms. The number of nitrogens with zero attached hydrogens (tertiary/aromatic N) is 3. The molecule has 2 N–H and O–H groups in total. The summed E-state index contributed by atoms with van der Waals surface area (Å²) in [6.45, 7) is 9.41. The van der Waals surface area contributed by atoms with Gasteiger partial charge in [0, 0.05) is 35.9 Å². The minimum atomic E-state index is -0.176. The quantitative estimate of drug-likeness (QED) is 0.859. The van der Waals surface area contributed by atoms with Gasteiger partial charge in [-0.15, -0.1) is 11.3 Å². The molecule has 2 aromatic rings. The minimum Gasteiger partial charge on any atom is -0.334 e. The molecule has 0 fully saturated rings. The van der Waals surface area contributed by atoms with Crippen LogP contribution in [0, 0.1) is 13.8 Å². The zero-order valence-electron chi connectivity index (χ0n) is 13.5. The molecule has 0 radical (unpaired) electrons. The van der Waals surface area contributed by atoms with Crippen LogP contribution in [0.25, 0.3) is 0 Å². The summed E-state index contributed by atoms with van der Waals surface area (Å²) in [5.74, 6) is 0. The Morgan fingerprint density at radius 2 is 2.18 bits per heavy atom. The summed E-state index contributed by atoms with van der Waals surface area (Å²) in [5.41, 5.74) is 3.15. The smallest absolute Gasteiger partial charge is 0.315 e. The van der Waals surface area contributed by atoms with E-state index in [0.717, 1.165) is 34.9 Å². The van der Waals surface area contributed by atoms with Crippen molar-refractivity contribution in [2.24, 2.45) is 0 Å². The summed E-state index contributed by atoms with van der Waals surface area (Å²) in [5, 5.41) is 13.2. The van der Waals surface area contributed by atoms with Gasteiger partial charge in [-0.3, -0.25) is 4.68 Å². The molecule has 0 aliphatic carbocycles. The van der Waals surface area contributed by atoms with Crippen molar-refractivity contribution in [3.63, 3.8) is 0 Å². The monoisotopic (exact) mass is 321 g/mol. The molecule has 2 rings (SSSR count). The van der Waals surface area contributed by atoms with Gasteiger partial charge in [-0.1, -0.05) is 6.92 Å². The van der Waals surface area contributed by atoms with Crippen molar-refractivity contribution >= 4 is 17.4 Å². The first-order valence-corrected chi connectivity index (χ1v) is 8.41. The van der Waals surface area contributed by atoms with E-state index >= 15 is 0 Å². The Morgan fingerprint density at radius 3 is 2.73 bits per heavy atom. The summed E-state index contributed by atoms with van der Waals surface area (Å²) in [4.78, 5) is 16.4. The van der Waals surface area contributed by atoms with Crippen molar-refractivity contribution < 1.29 is 4.79 Å². The first kappa shape index (κ1) is 16.5. The summed E-state index contributed by atoms with van der Waals surface area (Å²) in [6.07, 6.45) is 2.57. The lowest BCUT2D eigenvalue weighted by atomic mass is 10.2. The third-order valence-electron chi connectivity index (χ3n) is 3.72. The second-order valence-electron chi connectivity index (χ2n) is 5.12. The van der Waals surface area contributed by atoms with Gasteiger partial charge in [0.15, 0.2) is 0 Å². The molecular weight excluding hydrogens is 298 g/mol. The molecule has 0 spiro atoms. The molecule has 0 aromatic carbocycles. The number of aromatic nitrogens is 3. The lowest BCUT2D eigenvalue weighted by molar-refractivity contribution is 0.236. The third kappa shape index (κ3) is 3.65. The number of nitrogens with one attached hydrogen (secondary N) is 2. The number of hydrogen-bond donors (Lipinski definition) is 2. The number of hydrogen-bond acceptors (Lipinski definition) is 4. The van der Waals surface area contributed by atoms with Crippen LogP contribution in [-0.2, 0) is 13.1 Å². The highest BCUT2D eigenvalue weighted by molar-refractivity contribution is 7.09. The van der Waals surface area contributed by atoms with Gasteiger partial charge in [0.05, 0.1) is 11.7 Å². The van der Waals surface area contributed by atoms with Gasteiger partial charge >= 0.3 is 6.03 Å². The van der Waals surface area contributed by atoms with E-state index in [9.17, 15) is 4.79 Å². The Bertz CT molecular complexity index is 620. The molecule has 2 heterocycles. The van der Waals surface area contributed by atoms with E-state index in [1.165, 1.54) is 0 Å². The number of amides is 2. The molecule has 2 aromatic heterocycles. The third-order valence-corrected chi connectivity index (χ3v) is 4.61. The zero-order chi connectivity index (χ0) is 16.1. The molecule has 6 nitrogen and oxygen atoms in total. The Hall–Kier alpha value is -1.89. The summed E-state index contributed by atoms with van der Waals surface area (Å²) < 4.78 is 1.95. The topological polar surface area (TPSA) is 71.8 Å². The van der Waals surface area contributed by atoms with Gasteiger partial charge in [0.2, 0.25) is 0 Å². The number of carbonyl (C=O) groups excluding carboxylic acids is 1. The van der Waals surface area contributed by atoms with Crippen molar-refractivity contribution in [3.8, 4) is 0 Å². The summed E-state index contributed by atoms with van der Waals surface area (Å²) in [6, 6.07) is -0.217. The van der Waals surface area contributed by atoms with Crippen LogP contribution >= 0.6 is 11.3 Å². The molecule has 0 saturated carbocycles. The Balaban J connectivity index is 1.94. The first-order valence-electron chi connectivity index (χ1n) is 7.53. The van der Waals surface area contributed by atoms with E-state index in [4.69, 9.17) is 0 Å². The van der Waals surface area contributed by atoms with Crippen LogP contribution in [0.4, 0.5) is 4.79 Å². The van der Waals surface area contributed by atoms with Crippen molar-refractivity contribution in [2.75, 3.05) is 0 Å². The molecule has 0 saturated heterocycles. The van der Waals surface area contributed by atoms with Crippen molar-refractivity contribution in [3.05, 3.63) is 33.5 Å². The van der Waals surface area contributed by atoms with E-state index in [0.29, 0.717) is 6.54 Å². The van der Waals surface area contributed by atoms with Crippen LogP contribution in [0.3, 0.4) is 0 Å². The second kappa shape index (κ2) is 7.40. The number of urea groups is 1. The predicted molar refractivity (Wildman–Crippen MR) is 87.9 cm³/mol. The molecule has 2 amide bonds. The number of carbonyl (C=O) groups is 1. The van der Waals surface area contributed by atoms with Crippen molar-refractivity contribution in [1.82, 2.24) is 25.4 Å². The molecular formula is C15H23N5OS. The molecule has 120 valence electrons. The highest BCUT2D eigenvalue weighted by Gasteiger charge is 2.16. The molecule has 0 aliphatic rings. The van der Waals surface area contributed by atoms with Gasteiger partial charge < -0.3 is 10.6 Å². The van der Waals surface area contributed by atoms with Crippen LogP contribution in [-0.4, -0.2) is 20.8 Å². The maximum absolute atomic E-state index is 12.1. The van der Waals surface area contributed by atoms with Gasteiger partial charge in [-0.25, -0.2) is 9.78 Å². The number of aryl methyl sites for hydroxylation is 2. The lowest BCUT2D eigenvalue weighted by Crippen LogP contribution is -2.37. The SMILES string of the molecule is CCC(NC(=O)NCc1c(C)nn(CC)c1C)c1nccs1. The van der Waals surface area contributed by atoms with Crippen molar-refractivity contribution in [1.29, 1.82) is 0 Å². The van der Waals surface area contributed by atoms with Crippen LogP contribution < -0.4 is 10.6 Å². The average Bonchev–Trinajstić information content (AvgIpc) is 3.12. The van der Waals surface area contributed by atoms with Gasteiger partial charge in [0.25, 0.3) is 0 Å². The van der Waals surface area contributed by atoms with E-state index in [-0.39, 0.29) is 12.1 Å². The molecule has 1 atom stereocenters. The predicted octanol–water partition coefficient (Wildman–Crippen LogP) is 2.93. The standard InChI is InChI=1S/C15H23N5OS/c1-5-13(14-16-7-8-22-14)18-15(21)17-9-12-10(3)19-20(6-2)11(12)4/h7-8,13H,5-6,9H2,1-4H3,(H2,17,18,21). The van der Waals surface area contributed by atoms with Gasteiger partial charge in [0.1, 0.15) is 5.01 Å². The largest absolute Gasteiger partial charge is 0.334 e. The fourth-order valence-corrected chi connectivity index (χ4v) is 3.19. The normalized spacial score (nSPS) is 12.2. The second-order valence-corrected chi connectivity index (χ2v) is 6.05. The first-order chi connectivity index (χ1) is 10.6.